The predicted octanol–water partition coefficient (Wildman–Crippen LogP) is 10.9. The molecule has 0 atom stereocenters. The van der Waals surface area contributed by atoms with Gasteiger partial charge in [-0.25, -0.2) is 83.4 Å². The van der Waals surface area contributed by atoms with E-state index < -0.39 is 179 Å². The molecule has 0 bridgehead atoms. The van der Waals surface area contributed by atoms with E-state index in [0.717, 1.165) is 0 Å². The zero-order chi connectivity index (χ0) is 43.1. The van der Waals surface area contributed by atoms with Gasteiger partial charge >= 0.3 is 7.12 Å². The van der Waals surface area contributed by atoms with Crippen molar-refractivity contribution in [3.8, 4) is 33.8 Å². The normalized spacial score (nSPS) is 11.5. The van der Waals surface area contributed by atoms with Crippen molar-refractivity contribution in [3.05, 3.63) is 146 Å². The minimum absolute atomic E-state index is 0.0558. The first-order chi connectivity index (χ1) is 27.1. The van der Waals surface area contributed by atoms with Crippen molar-refractivity contribution in [1.29, 1.82) is 0 Å². The minimum atomic E-state index is -3.62. The van der Waals surface area contributed by atoms with Gasteiger partial charge in [-0.15, -0.1) is 0 Å². The number of hydrogen-bond donors (Lipinski definition) is 0. The number of hydrogen-bond acceptors (Lipinski definition) is 2. The lowest BCUT2D eigenvalue weighted by atomic mass is 9.75. The molecule has 302 valence electrons. The standard InChI is InChI=1S/C34H4BF21O2/c36-7-4-2-6(5-1-3-8(37)14(38)9(5)7)35(57-33-12(19(43)25(49)29(53)31(33)55)10-15(39)21(45)27(51)22(46)16(10)40)58-34-13(20(44)26(50)30(54)32(34)56)11-17(41)23(47)28(52)24(48)18(11)42/h1-4H. The van der Waals surface area contributed by atoms with E-state index in [9.17, 15) is 74.6 Å². The molecule has 24 heteroatoms. The van der Waals surface area contributed by atoms with Crippen LogP contribution in [0, 0.1) is 122 Å². The third-order valence-electron chi connectivity index (χ3n) is 8.13. The van der Waals surface area contributed by atoms with Gasteiger partial charge in [0.25, 0.3) is 0 Å². The van der Waals surface area contributed by atoms with Gasteiger partial charge in [0.2, 0.25) is 34.9 Å². The van der Waals surface area contributed by atoms with Crippen LogP contribution in [0.25, 0.3) is 33.0 Å². The van der Waals surface area contributed by atoms with Crippen molar-refractivity contribution in [1.82, 2.24) is 0 Å². The molecule has 6 aromatic carbocycles. The Bertz CT molecular complexity index is 2580. The summed E-state index contributed by atoms with van der Waals surface area (Å²) in [6.45, 7) is 0. The number of fused-ring (bicyclic) bond motifs is 1. The van der Waals surface area contributed by atoms with E-state index >= 15 is 17.6 Å². The van der Waals surface area contributed by atoms with Gasteiger partial charge in [0.05, 0.1) is 27.6 Å². The Labute approximate surface area is 305 Å². The Balaban J connectivity index is 1.76. The molecule has 0 aliphatic rings. The summed E-state index contributed by atoms with van der Waals surface area (Å²) in [5, 5.41) is -2.80. The van der Waals surface area contributed by atoms with Crippen LogP contribution in [0.3, 0.4) is 0 Å². The molecular formula is C34H4BF21O2. The van der Waals surface area contributed by atoms with Crippen LogP contribution in [0.1, 0.15) is 0 Å². The van der Waals surface area contributed by atoms with Crippen molar-refractivity contribution < 1.29 is 102 Å². The summed E-state index contributed by atoms with van der Waals surface area (Å²) in [4.78, 5) is 0. The predicted molar refractivity (Wildman–Crippen MR) is 153 cm³/mol. The lowest BCUT2D eigenvalue weighted by molar-refractivity contribution is 0.353. The van der Waals surface area contributed by atoms with Gasteiger partial charge in [0, 0.05) is 5.46 Å². The van der Waals surface area contributed by atoms with E-state index in [-0.39, 0.29) is 18.2 Å². The molecule has 0 saturated heterocycles. The topological polar surface area (TPSA) is 18.5 Å². The number of halogens is 21. The molecule has 2 nitrogen and oxygen atoms in total. The molecule has 0 fully saturated rings. The quantitative estimate of drug-likeness (QED) is 0.0689. The average molecular weight is 854 g/mol. The third-order valence-corrected chi connectivity index (χ3v) is 8.13. The summed E-state index contributed by atoms with van der Waals surface area (Å²) in [6, 6.07) is 0.651. The van der Waals surface area contributed by atoms with Crippen LogP contribution in [-0.2, 0) is 0 Å². The van der Waals surface area contributed by atoms with Crippen LogP contribution in [0.4, 0.5) is 92.2 Å². The molecule has 0 saturated carbocycles. The first kappa shape index (κ1) is 41.4. The molecule has 0 radical (unpaired) electrons. The Morgan fingerprint density at radius 1 is 0.276 bits per heavy atom. The Morgan fingerprint density at radius 3 is 0.931 bits per heavy atom. The maximum atomic E-state index is 15.6. The maximum absolute atomic E-state index is 15.6. The second kappa shape index (κ2) is 14.6. The monoisotopic (exact) mass is 854 g/mol. The summed E-state index contributed by atoms with van der Waals surface area (Å²) in [6.07, 6.45) is 0. The van der Waals surface area contributed by atoms with Crippen LogP contribution in [0.15, 0.2) is 24.3 Å². The maximum Gasteiger partial charge on any atom is 0.633 e. The van der Waals surface area contributed by atoms with Gasteiger partial charge in [-0.1, -0.05) is 12.1 Å². The molecule has 0 aromatic heterocycles. The van der Waals surface area contributed by atoms with Gasteiger partial charge in [-0.2, -0.15) is 8.78 Å². The second-order valence-corrected chi connectivity index (χ2v) is 11.3. The zero-order valence-electron chi connectivity index (χ0n) is 26.6. The van der Waals surface area contributed by atoms with Crippen LogP contribution in [0.2, 0.25) is 0 Å². The first-order valence-electron chi connectivity index (χ1n) is 14.7. The van der Waals surface area contributed by atoms with Crippen LogP contribution in [0.5, 0.6) is 11.5 Å². The fourth-order valence-corrected chi connectivity index (χ4v) is 5.47. The SMILES string of the molecule is Fc1ccc2c(B(Oc3c(F)c(F)c(F)c(F)c3-c3c(F)c(F)c(F)c(F)c3F)Oc3c(F)c(F)c(F)c(F)c3-c3c(F)c(F)c(F)c(F)c3F)ccc(F)c2c1F. The molecule has 58 heavy (non-hydrogen) atoms. The molecule has 0 unspecified atom stereocenters. The number of benzene rings is 6. The second-order valence-electron chi connectivity index (χ2n) is 11.3. The average Bonchev–Trinajstić information content (AvgIpc) is 3.20. The van der Waals surface area contributed by atoms with Gasteiger partial charge in [-0.05, 0) is 17.5 Å². The minimum Gasteiger partial charge on any atom is -0.519 e. The summed E-state index contributed by atoms with van der Waals surface area (Å²) in [5.41, 5.74) is -12.1. The molecule has 0 heterocycles. The van der Waals surface area contributed by atoms with E-state index in [1.807, 2.05) is 0 Å². The van der Waals surface area contributed by atoms with Gasteiger partial charge in [0.15, 0.2) is 92.9 Å². The van der Waals surface area contributed by atoms with Crippen molar-refractivity contribution in [2.75, 3.05) is 0 Å². The van der Waals surface area contributed by atoms with Crippen molar-refractivity contribution >= 4 is 23.4 Å². The molecule has 0 aliphatic carbocycles. The molecule has 0 spiro atoms. The van der Waals surface area contributed by atoms with E-state index in [2.05, 4.69) is 0 Å². The van der Waals surface area contributed by atoms with Gasteiger partial charge in [-0.3, -0.25) is 0 Å². The fourth-order valence-electron chi connectivity index (χ4n) is 5.47. The summed E-state index contributed by atoms with van der Waals surface area (Å²) in [7, 11) is -3.62. The molecule has 0 N–H and O–H groups in total. The summed E-state index contributed by atoms with van der Waals surface area (Å²) >= 11 is 0. The van der Waals surface area contributed by atoms with Crippen molar-refractivity contribution in [2.24, 2.45) is 0 Å². The summed E-state index contributed by atoms with van der Waals surface area (Å²) in [5.74, 6) is -66.5. The highest BCUT2D eigenvalue weighted by molar-refractivity contribution is 6.66. The van der Waals surface area contributed by atoms with Crippen molar-refractivity contribution in [2.45, 2.75) is 0 Å². The van der Waals surface area contributed by atoms with E-state index in [0.29, 0.717) is 6.07 Å². The first-order valence-corrected chi connectivity index (χ1v) is 14.7. The van der Waals surface area contributed by atoms with E-state index in [1.165, 1.54) is 0 Å². The van der Waals surface area contributed by atoms with E-state index in [4.69, 9.17) is 9.31 Å². The zero-order valence-corrected chi connectivity index (χ0v) is 26.6. The Hall–Kier alpha value is -6.23. The Kier molecular flexibility index (Phi) is 10.4. The third kappa shape index (κ3) is 6.06. The van der Waals surface area contributed by atoms with Gasteiger partial charge in [0.1, 0.15) is 5.82 Å². The molecular weight excluding hydrogens is 850 g/mol. The highest BCUT2D eigenvalue weighted by Gasteiger charge is 2.42. The van der Waals surface area contributed by atoms with E-state index in [1.54, 1.807) is 0 Å². The van der Waals surface area contributed by atoms with Gasteiger partial charge < -0.3 is 9.31 Å². The largest absolute Gasteiger partial charge is 0.633 e. The molecule has 0 amide bonds. The highest BCUT2D eigenvalue weighted by atomic mass is 19.2. The lowest BCUT2D eigenvalue weighted by Gasteiger charge is -2.24. The van der Waals surface area contributed by atoms with Crippen LogP contribution < -0.4 is 14.8 Å². The van der Waals surface area contributed by atoms with Crippen LogP contribution in [-0.4, -0.2) is 7.12 Å². The Morgan fingerprint density at radius 2 is 0.569 bits per heavy atom. The van der Waals surface area contributed by atoms with Crippen molar-refractivity contribution in [3.63, 3.8) is 0 Å². The van der Waals surface area contributed by atoms with Crippen LogP contribution >= 0.6 is 0 Å². The smallest absolute Gasteiger partial charge is 0.519 e. The number of rotatable bonds is 7. The summed E-state index contributed by atoms with van der Waals surface area (Å²) < 4.78 is 319. The molecule has 6 aromatic rings. The fraction of sp³-hybridized carbons (Fsp3) is 0. The molecule has 0 aliphatic heterocycles. The molecule has 6 rings (SSSR count). The highest BCUT2D eigenvalue weighted by Crippen LogP contribution is 2.45. The lowest BCUT2D eigenvalue weighted by Crippen LogP contribution is -2.44.